The molecular weight excluding hydrogens is 198 g/mol. The predicted molar refractivity (Wildman–Crippen MR) is 62.1 cm³/mol. The second-order valence-corrected chi connectivity index (χ2v) is 3.70. The normalized spacial score (nSPS) is 9.86. The van der Waals surface area contributed by atoms with Crippen LogP contribution < -0.4 is 15.8 Å². The lowest BCUT2D eigenvalue weighted by molar-refractivity contribution is 0.401. The van der Waals surface area contributed by atoms with Gasteiger partial charge in [-0.15, -0.1) is 0 Å². The van der Waals surface area contributed by atoms with Crippen molar-refractivity contribution in [1.82, 2.24) is 4.98 Å². The van der Waals surface area contributed by atoms with Crippen LogP contribution in [-0.2, 0) is 0 Å². The summed E-state index contributed by atoms with van der Waals surface area (Å²) in [5.41, 5.74) is 6.19. The molecule has 0 saturated heterocycles. The monoisotopic (exact) mass is 213 g/mol. The Bertz CT molecular complexity index is 293. The standard InChI is InChI=1S/C9H15N3OS/c1-13-9-7(10)3-4-8(12-9)11-5-6-14-2/h3-4H,5-6,10H2,1-2H3,(H,11,12). The van der Waals surface area contributed by atoms with Gasteiger partial charge in [-0.1, -0.05) is 0 Å². The molecule has 1 aromatic heterocycles. The lowest BCUT2D eigenvalue weighted by Gasteiger charge is -2.07. The Labute approximate surface area is 88.2 Å². The second-order valence-electron chi connectivity index (χ2n) is 2.71. The number of methoxy groups -OCH3 is 1. The van der Waals surface area contributed by atoms with E-state index in [1.54, 1.807) is 24.9 Å². The van der Waals surface area contributed by atoms with E-state index in [9.17, 15) is 0 Å². The maximum atomic E-state index is 5.64. The van der Waals surface area contributed by atoms with E-state index < -0.39 is 0 Å². The van der Waals surface area contributed by atoms with Gasteiger partial charge < -0.3 is 15.8 Å². The van der Waals surface area contributed by atoms with Gasteiger partial charge in [-0.2, -0.15) is 16.7 Å². The van der Waals surface area contributed by atoms with E-state index in [2.05, 4.69) is 16.6 Å². The van der Waals surface area contributed by atoms with Crippen LogP contribution in [0.2, 0.25) is 0 Å². The Morgan fingerprint density at radius 2 is 2.36 bits per heavy atom. The number of nitrogen functional groups attached to an aromatic ring is 1. The number of pyridine rings is 1. The van der Waals surface area contributed by atoms with E-state index in [1.165, 1.54) is 0 Å². The highest BCUT2D eigenvalue weighted by atomic mass is 32.2. The molecule has 0 aromatic carbocycles. The van der Waals surface area contributed by atoms with Crippen LogP contribution in [0.1, 0.15) is 0 Å². The van der Waals surface area contributed by atoms with Crippen molar-refractivity contribution in [2.24, 2.45) is 0 Å². The van der Waals surface area contributed by atoms with Crippen molar-refractivity contribution >= 4 is 23.3 Å². The molecule has 14 heavy (non-hydrogen) atoms. The zero-order valence-electron chi connectivity index (χ0n) is 8.41. The van der Waals surface area contributed by atoms with Gasteiger partial charge in [0.05, 0.1) is 12.8 Å². The molecule has 0 fully saturated rings. The van der Waals surface area contributed by atoms with E-state index in [4.69, 9.17) is 10.5 Å². The molecule has 0 atom stereocenters. The number of ether oxygens (including phenoxy) is 1. The highest BCUT2D eigenvalue weighted by molar-refractivity contribution is 7.98. The van der Waals surface area contributed by atoms with Gasteiger partial charge in [0.25, 0.3) is 0 Å². The van der Waals surface area contributed by atoms with Gasteiger partial charge in [0.2, 0.25) is 5.88 Å². The molecule has 0 radical (unpaired) electrons. The summed E-state index contributed by atoms with van der Waals surface area (Å²) in [6, 6.07) is 3.63. The van der Waals surface area contributed by atoms with Crippen LogP contribution in [0, 0.1) is 0 Å². The number of hydrogen-bond acceptors (Lipinski definition) is 5. The van der Waals surface area contributed by atoms with Gasteiger partial charge in [0.1, 0.15) is 5.82 Å². The van der Waals surface area contributed by atoms with Crippen molar-refractivity contribution in [3.63, 3.8) is 0 Å². The van der Waals surface area contributed by atoms with Crippen molar-refractivity contribution in [1.29, 1.82) is 0 Å². The lowest BCUT2D eigenvalue weighted by atomic mass is 10.4. The SMILES string of the molecule is COc1nc(NCCSC)ccc1N. The Kier molecular flexibility index (Phi) is 4.39. The summed E-state index contributed by atoms with van der Waals surface area (Å²) < 4.78 is 5.01. The number of hydrogen-bond donors (Lipinski definition) is 2. The minimum absolute atomic E-state index is 0.471. The largest absolute Gasteiger partial charge is 0.479 e. The third kappa shape index (κ3) is 2.99. The number of rotatable bonds is 5. The molecule has 3 N–H and O–H groups in total. The fraction of sp³-hybridized carbons (Fsp3) is 0.444. The minimum Gasteiger partial charge on any atom is -0.479 e. The van der Waals surface area contributed by atoms with Crippen LogP contribution in [0.5, 0.6) is 5.88 Å². The Morgan fingerprint density at radius 3 is 3.00 bits per heavy atom. The molecule has 4 nitrogen and oxygen atoms in total. The van der Waals surface area contributed by atoms with E-state index >= 15 is 0 Å². The molecular formula is C9H15N3OS. The average molecular weight is 213 g/mol. The first-order valence-corrected chi connectivity index (χ1v) is 5.70. The molecule has 0 saturated carbocycles. The van der Waals surface area contributed by atoms with Crippen molar-refractivity contribution in [2.75, 3.05) is 36.7 Å². The first-order chi connectivity index (χ1) is 6.77. The van der Waals surface area contributed by atoms with Gasteiger partial charge >= 0.3 is 0 Å². The van der Waals surface area contributed by atoms with Gasteiger partial charge in [0, 0.05) is 12.3 Å². The molecule has 1 rings (SSSR count). The lowest BCUT2D eigenvalue weighted by Crippen LogP contribution is -2.06. The summed E-state index contributed by atoms with van der Waals surface area (Å²) in [5, 5.41) is 3.18. The van der Waals surface area contributed by atoms with Gasteiger partial charge in [-0.25, -0.2) is 0 Å². The zero-order chi connectivity index (χ0) is 10.4. The molecule has 0 aliphatic rings. The molecule has 1 heterocycles. The topological polar surface area (TPSA) is 60.2 Å². The number of nitrogens with zero attached hydrogens (tertiary/aromatic N) is 1. The van der Waals surface area contributed by atoms with Gasteiger partial charge in [-0.05, 0) is 18.4 Å². The third-order valence-electron chi connectivity index (χ3n) is 1.70. The van der Waals surface area contributed by atoms with Crippen LogP contribution >= 0.6 is 11.8 Å². The summed E-state index contributed by atoms with van der Waals surface area (Å²) in [4.78, 5) is 4.19. The van der Waals surface area contributed by atoms with Crippen molar-refractivity contribution in [3.8, 4) is 5.88 Å². The molecule has 0 aliphatic heterocycles. The first kappa shape index (κ1) is 11.0. The molecule has 0 unspecified atom stereocenters. The fourth-order valence-electron chi connectivity index (χ4n) is 0.994. The number of thioether (sulfide) groups is 1. The average Bonchev–Trinajstić information content (AvgIpc) is 2.21. The summed E-state index contributed by atoms with van der Waals surface area (Å²) in [7, 11) is 1.56. The molecule has 0 spiro atoms. The summed E-state index contributed by atoms with van der Waals surface area (Å²) in [5.74, 6) is 2.32. The van der Waals surface area contributed by atoms with E-state index in [0.29, 0.717) is 11.6 Å². The highest BCUT2D eigenvalue weighted by Gasteiger charge is 2.01. The predicted octanol–water partition coefficient (Wildman–Crippen LogP) is 1.45. The zero-order valence-corrected chi connectivity index (χ0v) is 9.23. The maximum Gasteiger partial charge on any atom is 0.238 e. The number of nitrogens with one attached hydrogen (secondary N) is 1. The molecule has 1 aromatic rings. The minimum atomic E-state index is 0.471. The van der Waals surface area contributed by atoms with Crippen molar-refractivity contribution in [3.05, 3.63) is 12.1 Å². The number of anilines is 2. The van der Waals surface area contributed by atoms with Crippen LogP contribution in [0.4, 0.5) is 11.5 Å². The van der Waals surface area contributed by atoms with Crippen LogP contribution in [0.25, 0.3) is 0 Å². The quantitative estimate of drug-likeness (QED) is 0.725. The van der Waals surface area contributed by atoms with Crippen LogP contribution in [0.15, 0.2) is 12.1 Å². The number of nitrogens with two attached hydrogens (primary N) is 1. The summed E-state index contributed by atoms with van der Waals surface area (Å²) >= 11 is 1.79. The van der Waals surface area contributed by atoms with Crippen molar-refractivity contribution < 1.29 is 4.74 Å². The summed E-state index contributed by atoms with van der Waals surface area (Å²) in [6.07, 6.45) is 2.07. The highest BCUT2D eigenvalue weighted by Crippen LogP contribution is 2.19. The van der Waals surface area contributed by atoms with E-state index in [-0.39, 0.29) is 0 Å². The maximum absolute atomic E-state index is 5.64. The molecule has 0 aliphatic carbocycles. The van der Waals surface area contributed by atoms with E-state index in [1.807, 2.05) is 6.07 Å². The van der Waals surface area contributed by atoms with Crippen molar-refractivity contribution in [2.45, 2.75) is 0 Å². The molecule has 5 heteroatoms. The molecule has 78 valence electrons. The molecule has 0 bridgehead atoms. The smallest absolute Gasteiger partial charge is 0.238 e. The Morgan fingerprint density at radius 1 is 1.57 bits per heavy atom. The van der Waals surface area contributed by atoms with Crippen LogP contribution in [-0.4, -0.2) is 30.6 Å². The number of aromatic nitrogens is 1. The fourth-order valence-corrected chi connectivity index (χ4v) is 1.30. The first-order valence-electron chi connectivity index (χ1n) is 4.31. The summed E-state index contributed by atoms with van der Waals surface area (Å²) in [6.45, 7) is 0.890. The Hall–Kier alpha value is -1.10. The van der Waals surface area contributed by atoms with Gasteiger partial charge in [-0.3, -0.25) is 0 Å². The van der Waals surface area contributed by atoms with Gasteiger partial charge in [0.15, 0.2) is 0 Å². The molecule has 0 amide bonds. The van der Waals surface area contributed by atoms with E-state index in [0.717, 1.165) is 18.1 Å². The van der Waals surface area contributed by atoms with Crippen LogP contribution in [0.3, 0.4) is 0 Å². The second kappa shape index (κ2) is 5.59. The third-order valence-corrected chi connectivity index (χ3v) is 2.31. The Balaban J connectivity index is 2.60.